The molecule has 6 heteroatoms. The zero-order valence-corrected chi connectivity index (χ0v) is 16.6. The van der Waals surface area contributed by atoms with Gasteiger partial charge in [-0.15, -0.1) is 0 Å². The van der Waals surface area contributed by atoms with Crippen LogP contribution in [0.1, 0.15) is 29.5 Å². The summed E-state index contributed by atoms with van der Waals surface area (Å²) in [6.07, 6.45) is 3.60. The summed E-state index contributed by atoms with van der Waals surface area (Å²) in [6, 6.07) is 15.1. The second kappa shape index (κ2) is 8.86. The Labute approximate surface area is 170 Å². The van der Waals surface area contributed by atoms with Gasteiger partial charge >= 0.3 is 0 Å². The summed E-state index contributed by atoms with van der Waals surface area (Å²) >= 11 is 0. The Morgan fingerprint density at radius 1 is 1.21 bits per heavy atom. The predicted molar refractivity (Wildman–Crippen MR) is 107 cm³/mol. The Kier molecular flexibility index (Phi) is 6.04. The van der Waals surface area contributed by atoms with Crippen LogP contribution in [-0.2, 0) is 20.8 Å². The molecule has 4 rings (SSSR count). The Bertz CT molecular complexity index is 944. The fourth-order valence-corrected chi connectivity index (χ4v) is 3.80. The predicted octanol–water partition coefficient (Wildman–Crippen LogP) is 4.38. The van der Waals surface area contributed by atoms with Gasteiger partial charge in [0.15, 0.2) is 0 Å². The first-order valence-corrected chi connectivity index (χ1v) is 9.77. The minimum atomic E-state index is -0.310. The summed E-state index contributed by atoms with van der Waals surface area (Å²) in [6.45, 7) is 2.73. The molecule has 0 spiro atoms. The van der Waals surface area contributed by atoms with Crippen LogP contribution in [0.4, 0.5) is 4.39 Å². The van der Waals surface area contributed by atoms with Gasteiger partial charge in [-0.05, 0) is 36.6 Å². The summed E-state index contributed by atoms with van der Waals surface area (Å²) in [5.41, 5.74) is 2.29. The number of nitrogens with zero attached hydrogens (tertiary/aromatic N) is 2. The third-order valence-electron chi connectivity index (χ3n) is 5.34. The van der Waals surface area contributed by atoms with E-state index in [9.17, 15) is 4.39 Å². The summed E-state index contributed by atoms with van der Waals surface area (Å²) < 4.78 is 34.3. The SMILES string of the molecule is COC1CCOC(c2ccccc2)C1OCc1ccc(-n2ccnc2C)c(F)c1. The molecule has 0 bridgehead atoms. The van der Waals surface area contributed by atoms with Gasteiger partial charge in [0.2, 0.25) is 0 Å². The third-order valence-corrected chi connectivity index (χ3v) is 5.34. The molecule has 29 heavy (non-hydrogen) atoms. The first kappa shape index (κ1) is 19.8. The molecule has 1 fully saturated rings. The van der Waals surface area contributed by atoms with Gasteiger partial charge in [-0.1, -0.05) is 36.4 Å². The van der Waals surface area contributed by atoms with Gasteiger partial charge in [-0.3, -0.25) is 0 Å². The van der Waals surface area contributed by atoms with Crippen LogP contribution < -0.4 is 0 Å². The van der Waals surface area contributed by atoms with Crippen molar-refractivity contribution >= 4 is 0 Å². The number of ether oxygens (including phenoxy) is 3. The van der Waals surface area contributed by atoms with Crippen LogP contribution in [0.3, 0.4) is 0 Å². The van der Waals surface area contributed by atoms with E-state index in [1.165, 1.54) is 6.07 Å². The summed E-state index contributed by atoms with van der Waals surface area (Å²) in [5, 5.41) is 0. The molecule has 0 amide bonds. The highest BCUT2D eigenvalue weighted by molar-refractivity contribution is 5.37. The molecular weight excluding hydrogens is 371 g/mol. The lowest BCUT2D eigenvalue weighted by atomic mass is 9.96. The number of imidazole rings is 1. The van der Waals surface area contributed by atoms with Crippen molar-refractivity contribution in [3.05, 3.63) is 83.7 Å². The van der Waals surface area contributed by atoms with Crippen molar-refractivity contribution < 1.29 is 18.6 Å². The van der Waals surface area contributed by atoms with Gasteiger partial charge in [-0.2, -0.15) is 0 Å². The van der Waals surface area contributed by atoms with E-state index in [2.05, 4.69) is 4.98 Å². The van der Waals surface area contributed by atoms with Gasteiger partial charge in [-0.25, -0.2) is 9.37 Å². The Hall–Kier alpha value is -2.54. The monoisotopic (exact) mass is 396 g/mol. The number of aromatic nitrogens is 2. The fourth-order valence-electron chi connectivity index (χ4n) is 3.80. The molecule has 1 aliphatic rings. The zero-order chi connectivity index (χ0) is 20.2. The van der Waals surface area contributed by atoms with Gasteiger partial charge in [0, 0.05) is 19.5 Å². The molecule has 152 valence electrons. The van der Waals surface area contributed by atoms with Crippen molar-refractivity contribution in [1.82, 2.24) is 9.55 Å². The van der Waals surface area contributed by atoms with Crippen molar-refractivity contribution in [2.24, 2.45) is 0 Å². The fraction of sp³-hybridized carbons (Fsp3) is 0.348. The number of hydrogen-bond donors (Lipinski definition) is 0. The third kappa shape index (κ3) is 4.24. The van der Waals surface area contributed by atoms with Crippen molar-refractivity contribution in [3.63, 3.8) is 0 Å². The molecule has 2 heterocycles. The lowest BCUT2D eigenvalue weighted by molar-refractivity contribution is -0.175. The van der Waals surface area contributed by atoms with E-state index >= 15 is 0 Å². The van der Waals surface area contributed by atoms with E-state index in [0.29, 0.717) is 12.3 Å². The summed E-state index contributed by atoms with van der Waals surface area (Å²) in [7, 11) is 1.69. The lowest BCUT2D eigenvalue weighted by Crippen LogP contribution is -2.42. The molecule has 3 unspecified atom stereocenters. The van der Waals surface area contributed by atoms with Crippen LogP contribution in [-0.4, -0.2) is 35.5 Å². The molecule has 0 saturated carbocycles. The largest absolute Gasteiger partial charge is 0.379 e. The minimum absolute atomic E-state index is 0.0772. The lowest BCUT2D eigenvalue weighted by Gasteiger charge is -2.37. The maximum absolute atomic E-state index is 14.7. The van der Waals surface area contributed by atoms with Crippen molar-refractivity contribution in [2.45, 2.75) is 38.3 Å². The average molecular weight is 396 g/mol. The number of hydrogen-bond acceptors (Lipinski definition) is 4. The molecule has 3 aromatic rings. The molecule has 1 aliphatic heterocycles. The molecule has 2 aromatic carbocycles. The quantitative estimate of drug-likeness (QED) is 0.620. The highest BCUT2D eigenvalue weighted by atomic mass is 19.1. The van der Waals surface area contributed by atoms with Crippen LogP contribution >= 0.6 is 0 Å². The Morgan fingerprint density at radius 2 is 2.03 bits per heavy atom. The molecule has 1 aromatic heterocycles. The molecule has 0 aliphatic carbocycles. The molecule has 1 saturated heterocycles. The van der Waals surface area contributed by atoms with Gasteiger partial charge in [0.05, 0.1) is 25.0 Å². The van der Waals surface area contributed by atoms with Crippen LogP contribution in [0.15, 0.2) is 60.9 Å². The maximum atomic E-state index is 14.7. The van der Waals surface area contributed by atoms with Crippen LogP contribution in [0.2, 0.25) is 0 Å². The first-order valence-electron chi connectivity index (χ1n) is 9.77. The second-order valence-corrected chi connectivity index (χ2v) is 7.17. The van der Waals surface area contributed by atoms with Crippen LogP contribution in [0, 0.1) is 12.7 Å². The number of benzene rings is 2. The van der Waals surface area contributed by atoms with Crippen molar-refractivity contribution in [3.8, 4) is 5.69 Å². The van der Waals surface area contributed by atoms with Crippen LogP contribution in [0.25, 0.3) is 5.69 Å². The Balaban J connectivity index is 1.51. The topological polar surface area (TPSA) is 45.5 Å². The van der Waals surface area contributed by atoms with Gasteiger partial charge in [0.25, 0.3) is 0 Å². The molecule has 3 atom stereocenters. The van der Waals surface area contributed by atoms with E-state index < -0.39 is 0 Å². The van der Waals surface area contributed by atoms with E-state index in [4.69, 9.17) is 14.2 Å². The zero-order valence-electron chi connectivity index (χ0n) is 16.6. The molecule has 5 nitrogen and oxygen atoms in total. The summed E-state index contributed by atoms with van der Waals surface area (Å²) in [4.78, 5) is 4.15. The highest BCUT2D eigenvalue weighted by Crippen LogP contribution is 2.33. The van der Waals surface area contributed by atoms with Crippen LogP contribution in [0.5, 0.6) is 0 Å². The normalized spacial score (nSPS) is 22.0. The highest BCUT2D eigenvalue weighted by Gasteiger charge is 2.36. The Morgan fingerprint density at radius 3 is 2.72 bits per heavy atom. The number of methoxy groups -OCH3 is 1. The molecule has 0 N–H and O–H groups in total. The number of rotatable bonds is 6. The van der Waals surface area contributed by atoms with E-state index in [-0.39, 0.29) is 30.7 Å². The first-order chi connectivity index (χ1) is 14.2. The smallest absolute Gasteiger partial charge is 0.147 e. The van der Waals surface area contributed by atoms with Crippen molar-refractivity contribution in [2.75, 3.05) is 13.7 Å². The molecule has 0 radical (unpaired) electrons. The van der Waals surface area contributed by atoms with Crippen molar-refractivity contribution in [1.29, 1.82) is 0 Å². The average Bonchev–Trinajstić information content (AvgIpc) is 3.18. The maximum Gasteiger partial charge on any atom is 0.147 e. The van der Waals surface area contributed by atoms with E-state index in [0.717, 1.165) is 23.4 Å². The van der Waals surface area contributed by atoms with E-state index in [1.54, 1.807) is 30.1 Å². The molecular formula is C23H25FN2O3. The number of halogens is 1. The van der Waals surface area contributed by atoms with E-state index in [1.807, 2.05) is 43.3 Å². The second-order valence-electron chi connectivity index (χ2n) is 7.17. The van der Waals surface area contributed by atoms with Gasteiger partial charge < -0.3 is 18.8 Å². The van der Waals surface area contributed by atoms with Gasteiger partial charge in [0.1, 0.15) is 23.8 Å². The standard InChI is InChI=1S/C23H25FN2O3/c1-16-25-11-12-26(16)20-9-8-17(14-19(20)24)15-29-23-21(27-2)10-13-28-22(23)18-6-4-3-5-7-18/h3-9,11-12,14,21-23H,10,13,15H2,1-2H3. The number of aryl methyl sites for hydroxylation is 1. The summed E-state index contributed by atoms with van der Waals surface area (Å²) in [5.74, 6) is 0.427. The minimum Gasteiger partial charge on any atom is -0.379 e.